The highest BCUT2D eigenvalue weighted by Crippen LogP contribution is 2.13. The molecule has 0 saturated heterocycles. The molecule has 0 aromatic carbocycles. The third-order valence-electron chi connectivity index (χ3n) is 2.23. The molecule has 2 aromatic heterocycles. The Morgan fingerprint density at radius 2 is 2.17 bits per heavy atom. The van der Waals surface area contributed by atoms with Crippen LogP contribution in [0, 0.1) is 11.3 Å². The summed E-state index contributed by atoms with van der Waals surface area (Å²) in [4.78, 5) is 19.4. The number of hydrogen-bond acceptors (Lipinski definition) is 4. The van der Waals surface area contributed by atoms with E-state index in [-0.39, 0.29) is 22.4 Å². The molecule has 2 rings (SSSR count). The monoisotopic (exact) mass is 280 g/mol. The van der Waals surface area contributed by atoms with Crippen LogP contribution in [0.1, 0.15) is 11.3 Å². The summed E-state index contributed by atoms with van der Waals surface area (Å²) >= 11 is 11.3. The van der Waals surface area contributed by atoms with Crippen molar-refractivity contribution in [1.82, 2.24) is 14.5 Å². The van der Waals surface area contributed by atoms with E-state index in [9.17, 15) is 4.79 Å². The molecule has 0 spiro atoms. The number of pyridine rings is 1. The first-order valence-electron chi connectivity index (χ1n) is 4.87. The Balaban J connectivity index is 2.38. The van der Waals surface area contributed by atoms with Crippen molar-refractivity contribution in [2.75, 3.05) is 0 Å². The Labute approximate surface area is 112 Å². The molecule has 0 saturated carbocycles. The van der Waals surface area contributed by atoms with Gasteiger partial charge < -0.3 is 0 Å². The summed E-state index contributed by atoms with van der Waals surface area (Å²) in [6.45, 7) is 0.250. The molecule has 0 radical (unpaired) electrons. The van der Waals surface area contributed by atoms with E-state index in [1.54, 1.807) is 12.1 Å². The first kappa shape index (κ1) is 12.6. The lowest BCUT2D eigenvalue weighted by molar-refractivity contribution is 0.735. The fourth-order valence-corrected chi connectivity index (χ4v) is 1.67. The van der Waals surface area contributed by atoms with Crippen LogP contribution >= 0.6 is 23.2 Å². The molecule has 0 aliphatic rings. The fraction of sp³-hybridized carbons (Fsp3) is 0.0909. The molecule has 0 aliphatic carbocycles. The van der Waals surface area contributed by atoms with E-state index in [1.165, 1.54) is 17.1 Å². The summed E-state index contributed by atoms with van der Waals surface area (Å²) in [5.74, 6) is 0. The Morgan fingerprint density at radius 3 is 2.89 bits per heavy atom. The van der Waals surface area contributed by atoms with Crippen molar-refractivity contribution in [3.05, 3.63) is 56.4 Å². The van der Waals surface area contributed by atoms with Gasteiger partial charge in [-0.15, -0.1) is 0 Å². The average Bonchev–Trinajstić information content (AvgIpc) is 2.40. The van der Waals surface area contributed by atoms with Crippen molar-refractivity contribution >= 4 is 23.2 Å². The van der Waals surface area contributed by atoms with Crippen LogP contribution in [0.5, 0.6) is 0 Å². The van der Waals surface area contributed by atoms with Gasteiger partial charge in [-0.25, -0.2) is 9.97 Å². The zero-order valence-electron chi connectivity index (χ0n) is 8.97. The smallest absolute Gasteiger partial charge is 0.273 e. The summed E-state index contributed by atoms with van der Waals surface area (Å²) < 4.78 is 1.31. The molecule has 0 atom stereocenters. The zero-order chi connectivity index (χ0) is 13.1. The highest BCUT2D eigenvalue weighted by atomic mass is 35.5. The van der Waals surface area contributed by atoms with Crippen LogP contribution in [-0.4, -0.2) is 14.5 Å². The normalized spacial score (nSPS) is 10.1. The molecular weight excluding hydrogens is 275 g/mol. The van der Waals surface area contributed by atoms with Crippen molar-refractivity contribution in [3.8, 4) is 6.07 Å². The summed E-state index contributed by atoms with van der Waals surface area (Å²) in [5, 5.41) is 8.59. The van der Waals surface area contributed by atoms with E-state index in [4.69, 9.17) is 28.5 Å². The van der Waals surface area contributed by atoms with Gasteiger partial charge in [0.2, 0.25) is 0 Å². The molecule has 18 heavy (non-hydrogen) atoms. The standard InChI is InChI=1S/C11H6Cl2N4O/c12-9-10(13)16-6-17(11(9)18)5-7-1-2-15-8(3-7)4-14/h1-3,6H,5H2. The number of nitrogens with zero attached hydrogens (tertiary/aromatic N) is 4. The maximum atomic E-state index is 11.8. The molecule has 2 heterocycles. The summed E-state index contributed by atoms with van der Waals surface area (Å²) in [6.07, 6.45) is 2.81. The molecule has 90 valence electrons. The first-order chi connectivity index (χ1) is 8.61. The van der Waals surface area contributed by atoms with Gasteiger partial charge in [0, 0.05) is 6.20 Å². The van der Waals surface area contributed by atoms with E-state index in [2.05, 4.69) is 9.97 Å². The summed E-state index contributed by atoms with van der Waals surface area (Å²) in [5.41, 5.74) is 0.615. The van der Waals surface area contributed by atoms with Gasteiger partial charge in [0.15, 0.2) is 5.15 Å². The molecule has 0 bridgehead atoms. The second kappa shape index (κ2) is 5.17. The maximum Gasteiger partial charge on any atom is 0.273 e. The number of hydrogen-bond donors (Lipinski definition) is 0. The molecule has 7 heteroatoms. The fourth-order valence-electron chi connectivity index (χ4n) is 1.39. The van der Waals surface area contributed by atoms with E-state index < -0.39 is 5.56 Å². The molecular formula is C11H6Cl2N4O. The molecule has 0 N–H and O–H groups in total. The third kappa shape index (κ3) is 2.50. The van der Waals surface area contributed by atoms with E-state index >= 15 is 0 Å². The van der Waals surface area contributed by atoms with Crippen LogP contribution in [0.25, 0.3) is 0 Å². The minimum absolute atomic E-state index is 0.0228. The van der Waals surface area contributed by atoms with Crippen LogP contribution < -0.4 is 5.56 Å². The number of aromatic nitrogens is 3. The molecule has 0 unspecified atom stereocenters. The van der Waals surface area contributed by atoms with Gasteiger partial charge >= 0.3 is 0 Å². The van der Waals surface area contributed by atoms with Gasteiger partial charge in [0.1, 0.15) is 16.8 Å². The molecule has 2 aromatic rings. The third-order valence-corrected chi connectivity index (χ3v) is 2.96. The highest BCUT2D eigenvalue weighted by molar-refractivity contribution is 6.40. The van der Waals surface area contributed by atoms with Crippen LogP contribution in [-0.2, 0) is 6.54 Å². The zero-order valence-corrected chi connectivity index (χ0v) is 10.5. The predicted molar refractivity (Wildman–Crippen MR) is 66.6 cm³/mol. The van der Waals surface area contributed by atoms with Gasteiger partial charge in [-0.05, 0) is 17.7 Å². The van der Waals surface area contributed by atoms with Gasteiger partial charge in [0.05, 0.1) is 12.9 Å². The minimum atomic E-state index is -0.424. The molecule has 0 amide bonds. The maximum absolute atomic E-state index is 11.8. The van der Waals surface area contributed by atoms with Crippen LogP contribution in [0.15, 0.2) is 29.5 Å². The Hall–Kier alpha value is -1.90. The largest absolute Gasteiger partial charge is 0.293 e. The first-order valence-corrected chi connectivity index (χ1v) is 5.63. The van der Waals surface area contributed by atoms with Crippen molar-refractivity contribution in [1.29, 1.82) is 5.26 Å². The van der Waals surface area contributed by atoms with Crippen LogP contribution in [0.3, 0.4) is 0 Å². The second-order valence-electron chi connectivity index (χ2n) is 3.44. The average molecular weight is 281 g/mol. The van der Waals surface area contributed by atoms with Crippen LogP contribution in [0.2, 0.25) is 10.2 Å². The van der Waals surface area contributed by atoms with E-state index in [1.807, 2.05) is 6.07 Å². The predicted octanol–water partition coefficient (Wildman–Crippen LogP) is 1.87. The SMILES string of the molecule is N#Cc1cc(Cn2cnc(Cl)c(Cl)c2=O)ccn1. The molecule has 0 fully saturated rings. The van der Waals surface area contributed by atoms with E-state index in [0.717, 1.165) is 5.56 Å². The lowest BCUT2D eigenvalue weighted by Crippen LogP contribution is -2.21. The van der Waals surface area contributed by atoms with Crippen molar-refractivity contribution in [2.24, 2.45) is 0 Å². The van der Waals surface area contributed by atoms with Crippen molar-refractivity contribution in [2.45, 2.75) is 6.54 Å². The molecule has 5 nitrogen and oxygen atoms in total. The lowest BCUT2D eigenvalue weighted by atomic mass is 10.2. The summed E-state index contributed by atoms with van der Waals surface area (Å²) in [6, 6.07) is 5.22. The number of rotatable bonds is 2. The summed E-state index contributed by atoms with van der Waals surface area (Å²) in [7, 11) is 0. The van der Waals surface area contributed by atoms with E-state index in [0.29, 0.717) is 0 Å². The topological polar surface area (TPSA) is 71.6 Å². The van der Waals surface area contributed by atoms with Gasteiger partial charge in [-0.2, -0.15) is 5.26 Å². The number of halogens is 2. The van der Waals surface area contributed by atoms with Gasteiger partial charge in [-0.1, -0.05) is 23.2 Å². The Kier molecular flexibility index (Phi) is 3.60. The Morgan fingerprint density at radius 1 is 1.39 bits per heavy atom. The highest BCUT2D eigenvalue weighted by Gasteiger charge is 2.08. The van der Waals surface area contributed by atoms with Gasteiger partial charge in [-0.3, -0.25) is 9.36 Å². The van der Waals surface area contributed by atoms with Crippen molar-refractivity contribution < 1.29 is 0 Å². The lowest BCUT2D eigenvalue weighted by Gasteiger charge is -2.06. The van der Waals surface area contributed by atoms with Gasteiger partial charge in [0.25, 0.3) is 5.56 Å². The molecule has 0 aliphatic heterocycles. The van der Waals surface area contributed by atoms with Crippen molar-refractivity contribution in [3.63, 3.8) is 0 Å². The minimum Gasteiger partial charge on any atom is -0.293 e. The van der Waals surface area contributed by atoms with Crippen LogP contribution in [0.4, 0.5) is 0 Å². The Bertz CT molecular complexity index is 690. The quantitative estimate of drug-likeness (QED) is 0.788. The number of nitriles is 1. The second-order valence-corrected chi connectivity index (χ2v) is 4.18.